The molecule has 23 heavy (non-hydrogen) atoms. The summed E-state index contributed by atoms with van der Waals surface area (Å²) in [5, 5.41) is 5.16. The molecule has 0 saturated carbocycles. The van der Waals surface area contributed by atoms with E-state index in [1.54, 1.807) is 16.2 Å². The van der Waals surface area contributed by atoms with Crippen molar-refractivity contribution >= 4 is 28.8 Å². The predicted octanol–water partition coefficient (Wildman–Crippen LogP) is 3.65. The Labute approximate surface area is 145 Å². The van der Waals surface area contributed by atoms with Crippen molar-refractivity contribution in [3.63, 3.8) is 0 Å². The molecule has 0 aliphatic carbocycles. The first-order valence-corrected chi connectivity index (χ1v) is 8.89. The average Bonchev–Trinajstić information content (AvgIpc) is 3.06. The SMILES string of the molecule is Cc1nc(-c2ccc(Cl)cc2)sc1[C@@H](C)N[C@@H]1CCN(C)C1=O. The Kier molecular flexibility index (Phi) is 4.71. The second-order valence-electron chi connectivity index (χ2n) is 5.96. The summed E-state index contributed by atoms with van der Waals surface area (Å²) in [6.07, 6.45) is 0.863. The van der Waals surface area contributed by atoms with Gasteiger partial charge in [-0.25, -0.2) is 4.98 Å². The summed E-state index contributed by atoms with van der Waals surface area (Å²) in [5.74, 6) is 0.178. The van der Waals surface area contributed by atoms with Crippen molar-refractivity contribution in [2.24, 2.45) is 0 Å². The molecule has 0 bridgehead atoms. The molecule has 4 nitrogen and oxygen atoms in total. The van der Waals surface area contributed by atoms with Crippen LogP contribution in [0.15, 0.2) is 24.3 Å². The minimum atomic E-state index is -0.0875. The lowest BCUT2D eigenvalue weighted by Crippen LogP contribution is -2.38. The number of hydrogen-bond acceptors (Lipinski definition) is 4. The second-order valence-corrected chi connectivity index (χ2v) is 7.43. The maximum absolute atomic E-state index is 12.1. The Morgan fingerprint density at radius 3 is 2.70 bits per heavy atom. The molecule has 1 amide bonds. The predicted molar refractivity (Wildman–Crippen MR) is 94.9 cm³/mol. The van der Waals surface area contributed by atoms with Crippen LogP contribution < -0.4 is 5.32 Å². The minimum absolute atomic E-state index is 0.0875. The number of carbonyl (C=O) groups excluding carboxylic acids is 1. The average molecular weight is 350 g/mol. The van der Waals surface area contributed by atoms with E-state index in [0.29, 0.717) is 0 Å². The number of nitrogens with one attached hydrogen (secondary N) is 1. The van der Waals surface area contributed by atoms with Crippen molar-refractivity contribution in [2.45, 2.75) is 32.4 Å². The van der Waals surface area contributed by atoms with Gasteiger partial charge in [-0.1, -0.05) is 23.7 Å². The molecular formula is C17H20ClN3OS. The van der Waals surface area contributed by atoms with Gasteiger partial charge in [-0.05, 0) is 32.4 Å². The van der Waals surface area contributed by atoms with Gasteiger partial charge in [0.15, 0.2) is 0 Å². The maximum Gasteiger partial charge on any atom is 0.239 e. The van der Waals surface area contributed by atoms with Crippen LogP contribution in [-0.2, 0) is 4.79 Å². The highest BCUT2D eigenvalue weighted by Gasteiger charge is 2.30. The zero-order valence-electron chi connectivity index (χ0n) is 13.5. The Bertz CT molecular complexity index is 713. The Balaban J connectivity index is 1.78. The van der Waals surface area contributed by atoms with E-state index < -0.39 is 0 Å². The third kappa shape index (κ3) is 3.42. The van der Waals surface area contributed by atoms with E-state index in [4.69, 9.17) is 11.6 Å². The summed E-state index contributed by atoms with van der Waals surface area (Å²) in [5.41, 5.74) is 2.08. The molecule has 2 aromatic rings. The Morgan fingerprint density at radius 1 is 1.39 bits per heavy atom. The van der Waals surface area contributed by atoms with Gasteiger partial charge in [0.25, 0.3) is 0 Å². The number of likely N-dealkylation sites (N-methyl/N-ethyl adjacent to an activating group) is 1. The van der Waals surface area contributed by atoms with Crippen LogP contribution in [0.2, 0.25) is 5.02 Å². The van der Waals surface area contributed by atoms with Gasteiger partial charge in [-0.3, -0.25) is 10.1 Å². The van der Waals surface area contributed by atoms with Crippen LogP contribution in [0.1, 0.15) is 30.0 Å². The standard InChI is InChI=1S/C17H20ClN3OS/c1-10(19-14-8-9-21(3)17(14)22)15-11(2)20-16(23-15)12-4-6-13(18)7-5-12/h4-7,10,14,19H,8-9H2,1-3H3/t10-,14-/m1/s1. The third-order valence-corrected chi connectivity index (χ3v) is 5.84. The van der Waals surface area contributed by atoms with E-state index in [9.17, 15) is 4.79 Å². The van der Waals surface area contributed by atoms with Crippen molar-refractivity contribution in [1.29, 1.82) is 0 Å². The van der Waals surface area contributed by atoms with Gasteiger partial charge in [0.1, 0.15) is 5.01 Å². The van der Waals surface area contributed by atoms with Gasteiger partial charge in [-0.15, -0.1) is 11.3 Å². The first-order chi connectivity index (χ1) is 11.0. The second kappa shape index (κ2) is 6.59. The molecule has 1 aliphatic heterocycles. The highest BCUT2D eigenvalue weighted by atomic mass is 35.5. The molecular weight excluding hydrogens is 330 g/mol. The normalized spacial score (nSPS) is 19.4. The smallest absolute Gasteiger partial charge is 0.239 e. The number of thiazole rings is 1. The number of carbonyl (C=O) groups is 1. The van der Waals surface area contributed by atoms with Crippen molar-refractivity contribution in [1.82, 2.24) is 15.2 Å². The number of benzene rings is 1. The van der Waals surface area contributed by atoms with Crippen LogP contribution in [0.3, 0.4) is 0 Å². The van der Waals surface area contributed by atoms with Crippen molar-refractivity contribution in [3.8, 4) is 10.6 Å². The summed E-state index contributed by atoms with van der Waals surface area (Å²) in [4.78, 5) is 19.7. The topological polar surface area (TPSA) is 45.2 Å². The van der Waals surface area contributed by atoms with Crippen LogP contribution in [0, 0.1) is 6.92 Å². The minimum Gasteiger partial charge on any atom is -0.344 e. The summed E-state index contributed by atoms with van der Waals surface area (Å²) in [6.45, 7) is 4.94. The molecule has 0 unspecified atom stereocenters. The van der Waals surface area contributed by atoms with Gasteiger partial charge >= 0.3 is 0 Å². The molecule has 122 valence electrons. The number of likely N-dealkylation sites (tertiary alicyclic amines) is 1. The zero-order valence-corrected chi connectivity index (χ0v) is 15.0. The quantitative estimate of drug-likeness (QED) is 0.916. The molecule has 1 fully saturated rings. The van der Waals surface area contributed by atoms with E-state index in [1.165, 1.54) is 4.88 Å². The van der Waals surface area contributed by atoms with Crippen LogP contribution in [0.4, 0.5) is 0 Å². The first kappa shape index (κ1) is 16.4. The van der Waals surface area contributed by atoms with Crippen LogP contribution in [0.25, 0.3) is 10.6 Å². The maximum atomic E-state index is 12.1. The van der Waals surface area contributed by atoms with Crippen LogP contribution >= 0.6 is 22.9 Å². The first-order valence-electron chi connectivity index (χ1n) is 7.70. The molecule has 0 radical (unpaired) electrons. The van der Waals surface area contributed by atoms with Gasteiger partial charge in [0.05, 0.1) is 11.7 Å². The highest BCUT2D eigenvalue weighted by Crippen LogP contribution is 2.32. The summed E-state index contributed by atoms with van der Waals surface area (Å²) in [6, 6.07) is 7.74. The summed E-state index contributed by atoms with van der Waals surface area (Å²) >= 11 is 7.61. The number of aryl methyl sites for hydroxylation is 1. The number of amides is 1. The molecule has 1 aliphatic rings. The molecule has 0 spiro atoms. The molecule has 1 saturated heterocycles. The Hall–Kier alpha value is -1.43. The number of rotatable bonds is 4. The number of nitrogens with zero attached hydrogens (tertiary/aromatic N) is 2. The zero-order chi connectivity index (χ0) is 16.6. The fraction of sp³-hybridized carbons (Fsp3) is 0.412. The fourth-order valence-corrected chi connectivity index (χ4v) is 4.09. The largest absolute Gasteiger partial charge is 0.344 e. The van der Waals surface area contributed by atoms with Gasteiger partial charge in [-0.2, -0.15) is 0 Å². The molecule has 1 aromatic carbocycles. The van der Waals surface area contributed by atoms with Gasteiger partial charge < -0.3 is 4.90 Å². The third-order valence-electron chi connectivity index (χ3n) is 4.20. The molecule has 2 atom stereocenters. The van der Waals surface area contributed by atoms with E-state index in [-0.39, 0.29) is 18.0 Å². The van der Waals surface area contributed by atoms with Gasteiger partial charge in [0, 0.05) is 35.1 Å². The fourth-order valence-electron chi connectivity index (χ4n) is 2.88. The van der Waals surface area contributed by atoms with Crippen molar-refractivity contribution in [2.75, 3.05) is 13.6 Å². The number of aromatic nitrogens is 1. The lowest BCUT2D eigenvalue weighted by atomic mass is 10.2. The van der Waals surface area contributed by atoms with E-state index >= 15 is 0 Å². The van der Waals surface area contributed by atoms with Crippen molar-refractivity contribution in [3.05, 3.63) is 39.9 Å². The Morgan fingerprint density at radius 2 is 2.09 bits per heavy atom. The van der Waals surface area contributed by atoms with Crippen molar-refractivity contribution < 1.29 is 4.79 Å². The lowest BCUT2D eigenvalue weighted by Gasteiger charge is -2.17. The summed E-state index contributed by atoms with van der Waals surface area (Å²) < 4.78 is 0. The summed E-state index contributed by atoms with van der Waals surface area (Å²) in [7, 11) is 1.85. The van der Waals surface area contributed by atoms with Gasteiger partial charge in [0.2, 0.25) is 5.91 Å². The monoisotopic (exact) mass is 349 g/mol. The number of hydrogen-bond donors (Lipinski definition) is 1. The van der Waals surface area contributed by atoms with E-state index in [0.717, 1.165) is 34.3 Å². The molecule has 3 rings (SSSR count). The number of halogens is 1. The molecule has 1 aromatic heterocycles. The van der Waals surface area contributed by atoms with Crippen LogP contribution in [-0.4, -0.2) is 35.4 Å². The van der Waals surface area contributed by atoms with E-state index in [2.05, 4.69) is 17.2 Å². The highest BCUT2D eigenvalue weighted by molar-refractivity contribution is 7.15. The van der Waals surface area contributed by atoms with E-state index in [1.807, 2.05) is 38.2 Å². The van der Waals surface area contributed by atoms with Crippen LogP contribution in [0.5, 0.6) is 0 Å². The lowest BCUT2D eigenvalue weighted by molar-refractivity contribution is -0.128. The molecule has 6 heteroatoms. The molecule has 2 heterocycles. The molecule has 1 N–H and O–H groups in total.